The lowest BCUT2D eigenvalue weighted by Gasteiger charge is -2.19. The average molecular weight is 227 g/mol. The number of ether oxygens (including phenoxy) is 1. The molecule has 0 saturated heterocycles. The smallest absolute Gasteiger partial charge is 0.412 e. The molecule has 16 heavy (non-hydrogen) atoms. The van der Waals surface area contributed by atoms with Gasteiger partial charge in [0.15, 0.2) is 0 Å². The van der Waals surface area contributed by atoms with E-state index in [9.17, 15) is 14.3 Å². The Balaban J connectivity index is 2.73. The standard InChI is InChI=1S/C11H14FNO3/c1-11(2,3)16-10(15)13-8-6-7(12)4-5-9(8)14/h4-6,14H,1-3H3,(H,13,15). The van der Waals surface area contributed by atoms with Gasteiger partial charge in [0, 0.05) is 6.07 Å². The van der Waals surface area contributed by atoms with E-state index in [1.165, 1.54) is 0 Å². The van der Waals surface area contributed by atoms with Gasteiger partial charge in [-0.1, -0.05) is 0 Å². The van der Waals surface area contributed by atoms with Gasteiger partial charge < -0.3 is 9.84 Å². The van der Waals surface area contributed by atoms with Gasteiger partial charge in [-0.25, -0.2) is 9.18 Å². The number of anilines is 1. The summed E-state index contributed by atoms with van der Waals surface area (Å²) >= 11 is 0. The molecule has 0 aliphatic carbocycles. The molecule has 1 rings (SSSR count). The maximum atomic E-state index is 12.8. The van der Waals surface area contributed by atoms with E-state index in [0.717, 1.165) is 18.2 Å². The zero-order chi connectivity index (χ0) is 12.3. The molecule has 0 aliphatic rings. The normalized spacial score (nSPS) is 11.0. The van der Waals surface area contributed by atoms with Crippen molar-refractivity contribution in [2.75, 3.05) is 5.32 Å². The van der Waals surface area contributed by atoms with Crippen molar-refractivity contribution in [1.82, 2.24) is 0 Å². The summed E-state index contributed by atoms with van der Waals surface area (Å²) < 4.78 is 17.8. The molecule has 0 unspecified atom stereocenters. The van der Waals surface area contributed by atoms with Crippen LogP contribution < -0.4 is 5.32 Å². The van der Waals surface area contributed by atoms with E-state index in [4.69, 9.17) is 4.74 Å². The topological polar surface area (TPSA) is 58.6 Å². The van der Waals surface area contributed by atoms with Crippen LogP contribution in [-0.2, 0) is 4.74 Å². The van der Waals surface area contributed by atoms with Gasteiger partial charge in [0.05, 0.1) is 5.69 Å². The number of benzene rings is 1. The van der Waals surface area contributed by atoms with Crippen LogP contribution in [-0.4, -0.2) is 16.8 Å². The summed E-state index contributed by atoms with van der Waals surface area (Å²) in [5.74, 6) is -0.767. The van der Waals surface area contributed by atoms with Crippen LogP contribution in [0.2, 0.25) is 0 Å². The van der Waals surface area contributed by atoms with Crippen LogP contribution in [0, 0.1) is 5.82 Å². The van der Waals surface area contributed by atoms with E-state index in [1.807, 2.05) is 0 Å². The van der Waals surface area contributed by atoms with E-state index < -0.39 is 17.5 Å². The Labute approximate surface area is 93.0 Å². The van der Waals surface area contributed by atoms with E-state index in [-0.39, 0.29) is 11.4 Å². The van der Waals surface area contributed by atoms with Gasteiger partial charge in [-0.05, 0) is 32.9 Å². The lowest BCUT2D eigenvalue weighted by Crippen LogP contribution is -2.27. The van der Waals surface area contributed by atoms with Gasteiger partial charge in [0.2, 0.25) is 0 Å². The van der Waals surface area contributed by atoms with Gasteiger partial charge >= 0.3 is 6.09 Å². The number of hydrogen-bond donors (Lipinski definition) is 2. The zero-order valence-electron chi connectivity index (χ0n) is 9.37. The third-order valence-corrected chi connectivity index (χ3v) is 1.59. The molecule has 0 bridgehead atoms. The molecule has 0 radical (unpaired) electrons. The number of carbonyl (C=O) groups is 1. The highest BCUT2D eigenvalue weighted by atomic mass is 19.1. The van der Waals surface area contributed by atoms with Crippen LogP contribution in [0.3, 0.4) is 0 Å². The predicted molar refractivity (Wildman–Crippen MR) is 57.9 cm³/mol. The molecule has 1 aromatic rings. The third kappa shape index (κ3) is 3.76. The second-order valence-electron chi connectivity index (χ2n) is 4.29. The number of phenolic OH excluding ortho intramolecular Hbond substituents is 1. The van der Waals surface area contributed by atoms with E-state index in [1.54, 1.807) is 20.8 Å². The number of aromatic hydroxyl groups is 1. The van der Waals surface area contributed by atoms with Crippen molar-refractivity contribution in [2.24, 2.45) is 0 Å². The molecule has 88 valence electrons. The van der Waals surface area contributed by atoms with Crippen LogP contribution in [0.1, 0.15) is 20.8 Å². The Kier molecular flexibility index (Phi) is 3.37. The van der Waals surface area contributed by atoms with Crippen molar-refractivity contribution < 1.29 is 19.0 Å². The maximum absolute atomic E-state index is 12.8. The van der Waals surface area contributed by atoms with Crippen LogP contribution in [0.4, 0.5) is 14.9 Å². The van der Waals surface area contributed by atoms with Gasteiger partial charge in [-0.15, -0.1) is 0 Å². The average Bonchev–Trinajstić information content (AvgIpc) is 2.08. The molecule has 0 aromatic heterocycles. The first kappa shape index (κ1) is 12.3. The van der Waals surface area contributed by atoms with Gasteiger partial charge in [0.1, 0.15) is 17.2 Å². The molecule has 1 aromatic carbocycles. The summed E-state index contributed by atoms with van der Waals surface area (Å²) in [4.78, 5) is 11.3. The van der Waals surface area contributed by atoms with Crippen LogP contribution in [0.25, 0.3) is 0 Å². The van der Waals surface area contributed by atoms with Crippen LogP contribution in [0.15, 0.2) is 18.2 Å². The Morgan fingerprint density at radius 1 is 1.44 bits per heavy atom. The second kappa shape index (κ2) is 4.38. The van der Waals surface area contributed by atoms with E-state index >= 15 is 0 Å². The summed E-state index contributed by atoms with van der Waals surface area (Å²) in [6.07, 6.45) is -0.742. The lowest BCUT2D eigenvalue weighted by atomic mass is 10.2. The van der Waals surface area contributed by atoms with Crippen LogP contribution in [0.5, 0.6) is 5.75 Å². The first-order valence-electron chi connectivity index (χ1n) is 4.76. The van der Waals surface area contributed by atoms with Gasteiger partial charge in [0.25, 0.3) is 0 Å². The number of carbonyl (C=O) groups excluding carboxylic acids is 1. The van der Waals surface area contributed by atoms with Crippen LogP contribution >= 0.6 is 0 Å². The SMILES string of the molecule is CC(C)(C)OC(=O)Nc1cc(F)ccc1O. The molecule has 4 nitrogen and oxygen atoms in total. The Bertz CT molecular complexity index is 399. The molecule has 0 saturated carbocycles. The number of amides is 1. The number of nitrogens with one attached hydrogen (secondary N) is 1. The lowest BCUT2D eigenvalue weighted by molar-refractivity contribution is 0.0635. The summed E-state index contributed by atoms with van der Waals surface area (Å²) in [6.45, 7) is 5.12. The fraction of sp³-hybridized carbons (Fsp3) is 0.364. The predicted octanol–water partition coefficient (Wildman–Crippen LogP) is 2.88. The molecule has 0 spiro atoms. The molecule has 1 amide bonds. The quantitative estimate of drug-likeness (QED) is 0.725. The highest BCUT2D eigenvalue weighted by Gasteiger charge is 2.17. The van der Waals surface area contributed by atoms with Crippen molar-refractivity contribution >= 4 is 11.8 Å². The number of hydrogen-bond acceptors (Lipinski definition) is 3. The molecular formula is C11H14FNO3. The molecule has 0 aliphatic heterocycles. The fourth-order valence-electron chi connectivity index (χ4n) is 1.02. The Hall–Kier alpha value is -1.78. The minimum atomic E-state index is -0.742. The van der Waals surface area contributed by atoms with E-state index in [0.29, 0.717) is 0 Å². The minimum Gasteiger partial charge on any atom is -0.506 e. The fourth-order valence-corrected chi connectivity index (χ4v) is 1.02. The van der Waals surface area contributed by atoms with Gasteiger partial charge in [-0.2, -0.15) is 0 Å². The van der Waals surface area contributed by atoms with Crippen molar-refractivity contribution in [1.29, 1.82) is 0 Å². The van der Waals surface area contributed by atoms with Crippen molar-refractivity contribution in [3.8, 4) is 5.75 Å². The third-order valence-electron chi connectivity index (χ3n) is 1.59. The summed E-state index contributed by atoms with van der Waals surface area (Å²) in [5, 5.41) is 11.6. The molecule has 2 N–H and O–H groups in total. The molecular weight excluding hydrogens is 213 g/mol. The molecule has 5 heteroatoms. The Morgan fingerprint density at radius 3 is 2.62 bits per heavy atom. The molecule has 0 fully saturated rings. The number of halogens is 1. The Morgan fingerprint density at radius 2 is 2.06 bits per heavy atom. The van der Waals surface area contributed by atoms with E-state index in [2.05, 4.69) is 5.32 Å². The maximum Gasteiger partial charge on any atom is 0.412 e. The summed E-state index contributed by atoms with van der Waals surface area (Å²) in [7, 11) is 0. The first-order valence-corrected chi connectivity index (χ1v) is 4.76. The highest BCUT2D eigenvalue weighted by molar-refractivity contribution is 5.86. The molecule has 0 atom stereocenters. The monoisotopic (exact) mass is 227 g/mol. The number of rotatable bonds is 1. The summed E-state index contributed by atoms with van der Waals surface area (Å²) in [5.41, 5.74) is -0.665. The second-order valence-corrected chi connectivity index (χ2v) is 4.29. The highest BCUT2D eigenvalue weighted by Crippen LogP contribution is 2.24. The number of phenols is 1. The first-order chi connectivity index (χ1) is 7.28. The van der Waals surface area contributed by atoms with Crippen molar-refractivity contribution in [3.63, 3.8) is 0 Å². The van der Waals surface area contributed by atoms with Gasteiger partial charge in [-0.3, -0.25) is 5.32 Å². The summed E-state index contributed by atoms with van der Waals surface area (Å²) in [6, 6.07) is 3.26. The largest absolute Gasteiger partial charge is 0.506 e. The molecule has 0 heterocycles. The minimum absolute atomic E-state index is 0.0192. The van der Waals surface area contributed by atoms with Crippen molar-refractivity contribution in [2.45, 2.75) is 26.4 Å². The van der Waals surface area contributed by atoms with Crippen molar-refractivity contribution in [3.05, 3.63) is 24.0 Å². The zero-order valence-corrected chi connectivity index (χ0v) is 9.37.